The monoisotopic (exact) mass is 389 g/mol. The Kier molecular flexibility index (Phi) is 4.57. The number of rotatable bonds is 5. The average Bonchev–Trinajstić information content (AvgIpc) is 3.19. The first-order chi connectivity index (χ1) is 12.2. The fourth-order valence-electron chi connectivity index (χ4n) is 2.54. The first kappa shape index (κ1) is 16.3. The minimum absolute atomic E-state index is 0.483. The summed E-state index contributed by atoms with van der Waals surface area (Å²) in [6, 6.07) is 7.68. The van der Waals surface area contributed by atoms with Gasteiger partial charge in [-0.05, 0) is 29.3 Å². The van der Waals surface area contributed by atoms with Gasteiger partial charge in [-0.25, -0.2) is 15.0 Å². The molecule has 0 aliphatic heterocycles. The van der Waals surface area contributed by atoms with Crippen molar-refractivity contribution in [2.45, 2.75) is 13.0 Å². The van der Waals surface area contributed by atoms with Gasteiger partial charge in [0, 0.05) is 36.9 Å². The van der Waals surface area contributed by atoms with E-state index in [1.807, 2.05) is 18.3 Å². The summed E-state index contributed by atoms with van der Waals surface area (Å²) < 4.78 is 0. The summed E-state index contributed by atoms with van der Waals surface area (Å²) in [5.41, 5.74) is 3.06. The van der Waals surface area contributed by atoms with Crippen molar-refractivity contribution in [2.75, 3.05) is 5.32 Å². The van der Waals surface area contributed by atoms with Crippen LogP contribution >= 0.6 is 34.5 Å². The fraction of sp³-hybridized carbons (Fsp3) is 0.118. The molecule has 0 aliphatic carbocycles. The maximum absolute atomic E-state index is 6.32. The highest BCUT2D eigenvalue weighted by Gasteiger charge is 2.13. The van der Waals surface area contributed by atoms with Gasteiger partial charge in [0.2, 0.25) is 0 Å². The van der Waals surface area contributed by atoms with Gasteiger partial charge in [-0.15, -0.1) is 11.3 Å². The fourth-order valence-corrected chi connectivity index (χ4v) is 3.84. The van der Waals surface area contributed by atoms with Crippen molar-refractivity contribution in [3.63, 3.8) is 0 Å². The van der Waals surface area contributed by atoms with Gasteiger partial charge in [0.1, 0.15) is 16.0 Å². The molecule has 0 fully saturated rings. The molecule has 0 amide bonds. The molecule has 0 aliphatic rings. The summed E-state index contributed by atoms with van der Waals surface area (Å²) >= 11 is 13.7. The number of pyridine rings is 2. The summed E-state index contributed by atoms with van der Waals surface area (Å²) in [5.74, 6) is 0. The van der Waals surface area contributed by atoms with Crippen molar-refractivity contribution in [3.05, 3.63) is 69.2 Å². The van der Waals surface area contributed by atoms with Crippen molar-refractivity contribution >= 4 is 50.7 Å². The lowest BCUT2D eigenvalue weighted by Crippen LogP contribution is -1.99. The highest BCUT2D eigenvalue weighted by molar-refractivity contribution is 7.16. The maximum atomic E-state index is 6.32. The van der Waals surface area contributed by atoms with Crippen LogP contribution in [-0.2, 0) is 13.0 Å². The van der Waals surface area contributed by atoms with Gasteiger partial charge in [0.25, 0.3) is 0 Å². The molecule has 0 spiro atoms. The van der Waals surface area contributed by atoms with Crippen molar-refractivity contribution in [1.82, 2.24) is 19.9 Å². The van der Waals surface area contributed by atoms with Gasteiger partial charge >= 0.3 is 0 Å². The molecule has 126 valence electrons. The van der Waals surface area contributed by atoms with Crippen molar-refractivity contribution in [2.24, 2.45) is 0 Å². The molecule has 4 heterocycles. The van der Waals surface area contributed by atoms with Crippen LogP contribution in [0.5, 0.6) is 0 Å². The second kappa shape index (κ2) is 7.00. The number of nitrogens with zero attached hydrogens (tertiary/aromatic N) is 3. The number of halogens is 2. The quantitative estimate of drug-likeness (QED) is 0.475. The zero-order chi connectivity index (χ0) is 17.2. The van der Waals surface area contributed by atoms with Gasteiger partial charge in [-0.1, -0.05) is 29.3 Å². The molecule has 8 heteroatoms. The van der Waals surface area contributed by atoms with Crippen LogP contribution in [-0.4, -0.2) is 19.9 Å². The number of hydrogen-bond donors (Lipinski definition) is 2. The van der Waals surface area contributed by atoms with Crippen LogP contribution in [0.25, 0.3) is 11.0 Å². The number of nitrogens with one attached hydrogen (secondary N) is 2. The molecule has 4 aromatic rings. The molecule has 0 atom stereocenters. The summed E-state index contributed by atoms with van der Waals surface area (Å²) in [5, 5.41) is 6.18. The molecule has 4 aromatic heterocycles. The minimum atomic E-state index is 0.483. The van der Waals surface area contributed by atoms with Gasteiger partial charge < -0.3 is 10.3 Å². The van der Waals surface area contributed by atoms with Gasteiger partial charge in [-0.3, -0.25) is 0 Å². The molecule has 5 nitrogen and oxygen atoms in total. The molecule has 0 bridgehead atoms. The normalized spacial score (nSPS) is 11.1. The number of hydrogen-bond acceptors (Lipinski definition) is 5. The summed E-state index contributed by atoms with van der Waals surface area (Å²) in [6.07, 6.45) is 6.20. The number of aromatic amines is 1. The zero-order valence-corrected chi connectivity index (χ0v) is 15.3. The van der Waals surface area contributed by atoms with Gasteiger partial charge in [0.05, 0.1) is 4.88 Å². The molecule has 0 radical (unpaired) electrons. The van der Waals surface area contributed by atoms with E-state index in [2.05, 4.69) is 31.3 Å². The van der Waals surface area contributed by atoms with Crippen LogP contribution in [0, 0.1) is 0 Å². The summed E-state index contributed by atoms with van der Waals surface area (Å²) in [7, 11) is 0. The second-order valence-electron chi connectivity index (χ2n) is 5.47. The lowest BCUT2D eigenvalue weighted by Gasteiger charge is -2.02. The highest BCUT2D eigenvalue weighted by atomic mass is 35.5. The number of anilines is 1. The van der Waals surface area contributed by atoms with Crippen molar-refractivity contribution < 1.29 is 0 Å². The van der Waals surface area contributed by atoms with E-state index >= 15 is 0 Å². The topological polar surface area (TPSA) is 66.5 Å². The van der Waals surface area contributed by atoms with Crippen LogP contribution in [0.2, 0.25) is 10.3 Å². The minimum Gasteiger partial charge on any atom is -0.357 e. The lowest BCUT2D eigenvalue weighted by atomic mass is 10.1. The molecular formula is C17H13Cl2N5S. The molecule has 0 saturated carbocycles. The third kappa shape index (κ3) is 3.61. The SMILES string of the molecule is Clc1ccc(CNc2nc(Cl)c(Cc3c[nH]c4ncccc34)s2)cn1. The van der Waals surface area contributed by atoms with Crippen LogP contribution < -0.4 is 5.32 Å². The van der Waals surface area contributed by atoms with E-state index in [4.69, 9.17) is 23.2 Å². The molecule has 25 heavy (non-hydrogen) atoms. The lowest BCUT2D eigenvalue weighted by molar-refractivity contribution is 1.10. The molecule has 4 rings (SSSR count). The van der Waals surface area contributed by atoms with E-state index < -0.39 is 0 Å². The molecule has 0 saturated heterocycles. The summed E-state index contributed by atoms with van der Waals surface area (Å²) in [4.78, 5) is 17.0. The van der Waals surface area contributed by atoms with Crippen LogP contribution in [0.15, 0.2) is 42.9 Å². The predicted molar refractivity (Wildman–Crippen MR) is 103 cm³/mol. The van der Waals surface area contributed by atoms with Crippen LogP contribution in [0.3, 0.4) is 0 Å². The Morgan fingerprint density at radius 1 is 1.16 bits per heavy atom. The van der Waals surface area contributed by atoms with Crippen LogP contribution in [0.1, 0.15) is 16.0 Å². The average molecular weight is 390 g/mol. The van der Waals surface area contributed by atoms with Gasteiger partial charge in [-0.2, -0.15) is 0 Å². The van der Waals surface area contributed by atoms with E-state index in [9.17, 15) is 0 Å². The van der Waals surface area contributed by atoms with E-state index in [-0.39, 0.29) is 0 Å². The first-order valence-corrected chi connectivity index (χ1v) is 9.17. The Morgan fingerprint density at radius 2 is 2.08 bits per heavy atom. The van der Waals surface area contributed by atoms with Crippen molar-refractivity contribution in [1.29, 1.82) is 0 Å². The largest absolute Gasteiger partial charge is 0.357 e. The molecule has 2 N–H and O–H groups in total. The standard InChI is InChI=1S/C17H13Cl2N5S/c18-14-4-3-10(7-21-14)8-23-17-24-15(19)13(25-17)6-11-9-22-16-12(11)2-1-5-20-16/h1-5,7,9H,6,8H2,(H,20,22)(H,23,24). The third-order valence-corrected chi connectivity index (χ3v) is 5.43. The van der Waals surface area contributed by atoms with E-state index in [1.54, 1.807) is 29.8 Å². The third-order valence-electron chi connectivity index (χ3n) is 3.77. The number of H-pyrrole nitrogens is 1. The Balaban J connectivity index is 1.49. The van der Waals surface area contributed by atoms with E-state index in [0.29, 0.717) is 23.3 Å². The zero-order valence-electron chi connectivity index (χ0n) is 13.0. The van der Waals surface area contributed by atoms with E-state index in [0.717, 1.165) is 32.2 Å². The molecule has 0 aromatic carbocycles. The molecular weight excluding hydrogens is 377 g/mol. The van der Waals surface area contributed by atoms with E-state index in [1.165, 1.54) is 0 Å². The number of fused-ring (bicyclic) bond motifs is 1. The number of thiazole rings is 1. The van der Waals surface area contributed by atoms with Gasteiger partial charge in [0.15, 0.2) is 5.13 Å². The van der Waals surface area contributed by atoms with Crippen molar-refractivity contribution in [3.8, 4) is 0 Å². The van der Waals surface area contributed by atoms with Crippen LogP contribution in [0.4, 0.5) is 5.13 Å². The summed E-state index contributed by atoms with van der Waals surface area (Å²) in [6.45, 7) is 0.616. The smallest absolute Gasteiger partial charge is 0.184 e. The Morgan fingerprint density at radius 3 is 2.92 bits per heavy atom. The highest BCUT2D eigenvalue weighted by Crippen LogP contribution is 2.31. The molecule has 0 unspecified atom stereocenters. The first-order valence-electron chi connectivity index (χ1n) is 7.59. The Hall–Kier alpha value is -2.15. The Labute approximate surface area is 158 Å². The Bertz CT molecular complexity index is 1010. The number of aromatic nitrogens is 4. The maximum Gasteiger partial charge on any atom is 0.184 e. The second-order valence-corrected chi connectivity index (χ2v) is 7.29. The predicted octanol–water partition coefficient (Wildman–Crippen LogP) is 4.92.